The molecule has 0 radical (unpaired) electrons. The van der Waals surface area contributed by atoms with Gasteiger partial charge in [-0.05, 0) is 31.5 Å². The van der Waals surface area contributed by atoms with Gasteiger partial charge in [-0.3, -0.25) is 0 Å². The molecule has 20 heavy (non-hydrogen) atoms. The first-order valence-corrected chi connectivity index (χ1v) is 7.16. The molecule has 0 saturated carbocycles. The first kappa shape index (κ1) is 15.1. The first-order chi connectivity index (χ1) is 9.56. The molecule has 1 aliphatic heterocycles. The fourth-order valence-corrected chi connectivity index (χ4v) is 2.98. The molecule has 1 aliphatic rings. The highest BCUT2D eigenvalue weighted by Gasteiger charge is 2.29. The van der Waals surface area contributed by atoms with Crippen LogP contribution in [0.4, 0.5) is 0 Å². The van der Waals surface area contributed by atoms with Crippen LogP contribution in [0.2, 0.25) is 0 Å². The summed E-state index contributed by atoms with van der Waals surface area (Å²) in [5.74, 6) is 1.73. The third-order valence-electron chi connectivity index (χ3n) is 4.04. The van der Waals surface area contributed by atoms with Crippen LogP contribution in [0.3, 0.4) is 0 Å². The lowest BCUT2D eigenvalue weighted by molar-refractivity contribution is 0.201. The Morgan fingerprint density at radius 2 is 2.10 bits per heavy atom. The maximum Gasteiger partial charge on any atom is 0.127 e. The fraction of sp³-hybridized carbons (Fsp3) is 0.625. The van der Waals surface area contributed by atoms with Crippen LogP contribution in [-0.2, 0) is 6.54 Å². The molecule has 0 aliphatic carbocycles. The molecular formula is C16H26N2O2. The van der Waals surface area contributed by atoms with Gasteiger partial charge in [-0.25, -0.2) is 0 Å². The van der Waals surface area contributed by atoms with Crippen molar-refractivity contribution in [1.82, 2.24) is 10.2 Å². The molecule has 1 atom stereocenters. The summed E-state index contributed by atoms with van der Waals surface area (Å²) in [6.07, 6.45) is 1.25. The van der Waals surface area contributed by atoms with Gasteiger partial charge in [0, 0.05) is 31.3 Å². The van der Waals surface area contributed by atoms with Gasteiger partial charge in [-0.1, -0.05) is 13.0 Å². The number of nitrogens with one attached hydrogen (secondary N) is 1. The van der Waals surface area contributed by atoms with Gasteiger partial charge in [0.2, 0.25) is 0 Å². The van der Waals surface area contributed by atoms with Gasteiger partial charge < -0.3 is 19.7 Å². The van der Waals surface area contributed by atoms with E-state index in [-0.39, 0.29) is 0 Å². The average molecular weight is 278 g/mol. The predicted octanol–water partition coefficient (Wildman–Crippen LogP) is 2.14. The van der Waals surface area contributed by atoms with Crippen molar-refractivity contribution < 1.29 is 9.47 Å². The topological polar surface area (TPSA) is 33.7 Å². The molecule has 0 spiro atoms. The Morgan fingerprint density at radius 3 is 2.70 bits per heavy atom. The third-order valence-corrected chi connectivity index (χ3v) is 4.04. The van der Waals surface area contributed by atoms with E-state index in [9.17, 15) is 0 Å². The lowest BCUT2D eigenvalue weighted by atomic mass is 9.89. The second-order valence-corrected chi connectivity index (χ2v) is 6.09. The van der Waals surface area contributed by atoms with Crippen LogP contribution >= 0.6 is 0 Å². The zero-order chi connectivity index (χ0) is 14.6. The van der Waals surface area contributed by atoms with Crippen LogP contribution < -0.4 is 14.8 Å². The Kier molecular flexibility index (Phi) is 4.89. The zero-order valence-electron chi connectivity index (χ0n) is 13.0. The summed E-state index contributed by atoms with van der Waals surface area (Å²) in [7, 11) is 5.56. The van der Waals surface area contributed by atoms with Crippen molar-refractivity contribution in [3.8, 4) is 11.5 Å². The molecule has 0 bridgehead atoms. The smallest absolute Gasteiger partial charge is 0.127 e. The number of hydrogen-bond donors (Lipinski definition) is 1. The van der Waals surface area contributed by atoms with Gasteiger partial charge in [-0.15, -0.1) is 0 Å². The van der Waals surface area contributed by atoms with Gasteiger partial charge in [-0.2, -0.15) is 0 Å². The van der Waals surface area contributed by atoms with E-state index in [4.69, 9.17) is 9.47 Å². The summed E-state index contributed by atoms with van der Waals surface area (Å²) in [4.78, 5) is 2.37. The number of ether oxygens (including phenoxy) is 2. The highest BCUT2D eigenvalue weighted by Crippen LogP contribution is 2.28. The minimum atomic E-state index is 0.383. The molecule has 2 rings (SSSR count). The molecule has 4 nitrogen and oxygen atoms in total. The lowest BCUT2D eigenvalue weighted by Gasteiger charge is -2.29. The SMILES string of the molecule is COc1ccc(CN(C)CC2(C)CCNC2)c(OC)c1. The molecule has 1 unspecified atom stereocenters. The van der Waals surface area contributed by atoms with Gasteiger partial charge in [0.1, 0.15) is 11.5 Å². The quantitative estimate of drug-likeness (QED) is 0.864. The van der Waals surface area contributed by atoms with E-state index in [1.54, 1.807) is 14.2 Å². The molecule has 1 saturated heterocycles. The van der Waals surface area contributed by atoms with Crippen molar-refractivity contribution in [2.75, 3.05) is 40.9 Å². The molecule has 1 aromatic rings. The molecule has 4 heteroatoms. The highest BCUT2D eigenvalue weighted by atomic mass is 16.5. The van der Waals surface area contributed by atoms with Crippen LogP contribution in [0.15, 0.2) is 18.2 Å². The summed E-state index contributed by atoms with van der Waals surface area (Å²) in [5, 5.41) is 3.45. The van der Waals surface area contributed by atoms with Crippen molar-refractivity contribution in [2.24, 2.45) is 5.41 Å². The van der Waals surface area contributed by atoms with E-state index >= 15 is 0 Å². The summed E-state index contributed by atoms with van der Waals surface area (Å²) in [6, 6.07) is 6.02. The Morgan fingerprint density at radius 1 is 1.30 bits per heavy atom. The average Bonchev–Trinajstić information content (AvgIpc) is 2.85. The summed E-state index contributed by atoms with van der Waals surface area (Å²) < 4.78 is 10.7. The molecule has 1 fully saturated rings. The number of methoxy groups -OCH3 is 2. The van der Waals surface area contributed by atoms with Crippen molar-refractivity contribution in [2.45, 2.75) is 19.9 Å². The molecule has 0 amide bonds. The molecular weight excluding hydrogens is 252 g/mol. The van der Waals surface area contributed by atoms with Gasteiger partial charge in [0.25, 0.3) is 0 Å². The molecule has 1 N–H and O–H groups in total. The van der Waals surface area contributed by atoms with Crippen LogP contribution in [-0.4, -0.2) is 45.8 Å². The molecule has 112 valence electrons. The van der Waals surface area contributed by atoms with E-state index in [0.29, 0.717) is 5.41 Å². The Balaban J connectivity index is 2.01. The minimum absolute atomic E-state index is 0.383. The standard InChI is InChI=1S/C16H26N2O2/c1-16(7-8-17-11-16)12-18(2)10-13-5-6-14(19-3)9-15(13)20-4/h5-6,9,17H,7-8,10-12H2,1-4H3. The van der Waals surface area contributed by atoms with E-state index < -0.39 is 0 Å². The maximum absolute atomic E-state index is 5.46. The number of hydrogen-bond acceptors (Lipinski definition) is 4. The predicted molar refractivity (Wildman–Crippen MR) is 81.5 cm³/mol. The van der Waals surface area contributed by atoms with E-state index in [1.807, 2.05) is 12.1 Å². The van der Waals surface area contributed by atoms with Gasteiger partial charge in [0.15, 0.2) is 0 Å². The summed E-state index contributed by atoms with van der Waals surface area (Å²) in [5.41, 5.74) is 1.58. The van der Waals surface area contributed by atoms with Crippen LogP contribution in [0.25, 0.3) is 0 Å². The number of rotatable bonds is 6. The number of benzene rings is 1. The highest BCUT2D eigenvalue weighted by molar-refractivity contribution is 5.40. The van der Waals surface area contributed by atoms with Gasteiger partial charge >= 0.3 is 0 Å². The fourth-order valence-electron chi connectivity index (χ4n) is 2.98. The van der Waals surface area contributed by atoms with Gasteiger partial charge in [0.05, 0.1) is 14.2 Å². The van der Waals surface area contributed by atoms with E-state index in [0.717, 1.165) is 37.7 Å². The maximum atomic E-state index is 5.46. The van der Waals surface area contributed by atoms with Crippen LogP contribution in [0.1, 0.15) is 18.9 Å². The first-order valence-electron chi connectivity index (χ1n) is 7.16. The summed E-state index contributed by atoms with van der Waals surface area (Å²) >= 11 is 0. The molecule has 1 heterocycles. The van der Waals surface area contributed by atoms with Crippen molar-refractivity contribution >= 4 is 0 Å². The lowest BCUT2D eigenvalue weighted by Crippen LogP contribution is -2.34. The zero-order valence-corrected chi connectivity index (χ0v) is 13.0. The van der Waals surface area contributed by atoms with Crippen LogP contribution in [0, 0.1) is 5.41 Å². The Bertz CT molecular complexity index is 442. The number of nitrogens with zero attached hydrogens (tertiary/aromatic N) is 1. The second-order valence-electron chi connectivity index (χ2n) is 6.09. The van der Waals surface area contributed by atoms with E-state index in [1.165, 1.54) is 12.0 Å². The Labute approximate surface area is 122 Å². The van der Waals surface area contributed by atoms with Crippen molar-refractivity contribution in [1.29, 1.82) is 0 Å². The summed E-state index contributed by atoms with van der Waals surface area (Å²) in [6.45, 7) is 6.58. The Hall–Kier alpha value is -1.26. The monoisotopic (exact) mass is 278 g/mol. The second kappa shape index (κ2) is 6.46. The minimum Gasteiger partial charge on any atom is -0.497 e. The van der Waals surface area contributed by atoms with Crippen molar-refractivity contribution in [3.05, 3.63) is 23.8 Å². The van der Waals surface area contributed by atoms with Crippen LogP contribution in [0.5, 0.6) is 11.5 Å². The third kappa shape index (κ3) is 3.64. The normalized spacial score (nSPS) is 22.2. The molecule has 1 aromatic carbocycles. The largest absolute Gasteiger partial charge is 0.497 e. The molecule has 0 aromatic heterocycles. The van der Waals surface area contributed by atoms with Crippen molar-refractivity contribution in [3.63, 3.8) is 0 Å². The van der Waals surface area contributed by atoms with E-state index in [2.05, 4.69) is 30.3 Å².